The summed E-state index contributed by atoms with van der Waals surface area (Å²) in [5.41, 5.74) is 0. The zero-order valence-corrected chi connectivity index (χ0v) is 8.88. The van der Waals surface area contributed by atoms with E-state index in [-0.39, 0.29) is 0 Å². The standard InChI is InChI=1S/C8H8BN8/c1-2-17(8-14-5-11-6-15-8)9-16(1)7-12-3-10-4-13-7/h3-6H,1-2H2. The lowest BCUT2D eigenvalue weighted by Crippen LogP contribution is -2.31. The topological polar surface area (TPSA) is 83.8 Å². The Morgan fingerprint density at radius 3 is 1.59 bits per heavy atom. The van der Waals surface area contributed by atoms with Crippen LogP contribution in [0.2, 0.25) is 0 Å². The molecule has 2 aromatic heterocycles. The Kier molecular flexibility index (Phi) is 2.49. The van der Waals surface area contributed by atoms with Gasteiger partial charge in [0.1, 0.15) is 25.3 Å². The Bertz CT molecular complexity index is 434. The molecular weight excluding hydrogens is 219 g/mol. The third-order valence-electron chi connectivity index (χ3n) is 2.33. The minimum atomic E-state index is 0.622. The minimum absolute atomic E-state index is 0.622. The van der Waals surface area contributed by atoms with E-state index in [1.807, 2.05) is 17.2 Å². The summed E-state index contributed by atoms with van der Waals surface area (Å²) in [5, 5.41) is 0. The van der Waals surface area contributed by atoms with Crippen molar-refractivity contribution in [2.24, 2.45) is 0 Å². The largest absolute Gasteiger partial charge is 0.396 e. The van der Waals surface area contributed by atoms with Crippen LogP contribution in [0.15, 0.2) is 25.3 Å². The Morgan fingerprint density at radius 1 is 0.765 bits per heavy atom. The molecule has 0 saturated carbocycles. The summed E-state index contributed by atoms with van der Waals surface area (Å²) < 4.78 is 0. The van der Waals surface area contributed by atoms with Gasteiger partial charge in [-0.1, -0.05) is 0 Å². The zero-order valence-electron chi connectivity index (χ0n) is 8.88. The van der Waals surface area contributed by atoms with Crippen LogP contribution in [0.25, 0.3) is 0 Å². The van der Waals surface area contributed by atoms with Crippen LogP contribution in [0.4, 0.5) is 11.9 Å². The van der Waals surface area contributed by atoms with E-state index in [0.717, 1.165) is 13.1 Å². The average Bonchev–Trinajstić information content (AvgIpc) is 2.90. The van der Waals surface area contributed by atoms with Crippen molar-refractivity contribution >= 4 is 19.4 Å². The Balaban J connectivity index is 1.75. The van der Waals surface area contributed by atoms with Gasteiger partial charge in [0.15, 0.2) is 0 Å². The lowest BCUT2D eigenvalue weighted by Gasteiger charge is -2.14. The van der Waals surface area contributed by atoms with Crippen LogP contribution >= 0.6 is 0 Å². The molecule has 1 aliphatic heterocycles. The molecule has 83 valence electrons. The van der Waals surface area contributed by atoms with Crippen LogP contribution in [0.1, 0.15) is 0 Å². The van der Waals surface area contributed by atoms with Crippen molar-refractivity contribution in [3.05, 3.63) is 25.3 Å². The Labute approximate surface area is 98.1 Å². The zero-order chi connectivity index (χ0) is 11.5. The summed E-state index contributed by atoms with van der Waals surface area (Å²) in [4.78, 5) is 27.7. The van der Waals surface area contributed by atoms with Crippen molar-refractivity contribution in [2.75, 3.05) is 22.7 Å². The molecule has 2 aromatic rings. The van der Waals surface area contributed by atoms with Crippen molar-refractivity contribution in [1.29, 1.82) is 0 Å². The van der Waals surface area contributed by atoms with Gasteiger partial charge in [0.25, 0.3) is 0 Å². The highest BCUT2D eigenvalue weighted by Gasteiger charge is 2.26. The second kappa shape index (κ2) is 4.28. The molecule has 1 saturated heterocycles. The maximum atomic E-state index is 4.08. The number of nitrogens with zero attached hydrogens (tertiary/aromatic N) is 8. The van der Waals surface area contributed by atoms with E-state index in [9.17, 15) is 0 Å². The van der Waals surface area contributed by atoms with Crippen LogP contribution in [0.3, 0.4) is 0 Å². The molecule has 0 bridgehead atoms. The molecule has 0 atom stereocenters. The molecular formula is C8H8BN8. The molecule has 1 fully saturated rings. The molecule has 0 aliphatic carbocycles. The smallest absolute Gasteiger partial charge is 0.366 e. The van der Waals surface area contributed by atoms with E-state index >= 15 is 0 Å². The first kappa shape index (κ1) is 9.88. The summed E-state index contributed by atoms with van der Waals surface area (Å²) in [6, 6.07) is 0. The van der Waals surface area contributed by atoms with Gasteiger partial charge in [-0.3, -0.25) is 0 Å². The fraction of sp³-hybridized carbons (Fsp3) is 0.250. The lowest BCUT2D eigenvalue weighted by molar-refractivity contribution is 0.927. The number of aromatic nitrogens is 6. The second-order valence-corrected chi connectivity index (χ2v) is 3.38. The highest BCUT2D eigenvalue weighted by Crippen LogP contribution is 2.13. The highest BCUT2D eigenvalue weighted by molar-refractivity contribution is 6.47. The number of hydrogen-bond acceptors (Lipinski definition) is 8. The fourth-order valence-corrected chi connectivity index (χ4v) is 1.57. The van der Waals surface area contributed by atoms with Crippen LogP contribution in [0, 0.1) is 0 Å². The van der Waals surface area contributed by atoms with Crippen LogP contribution in [-0.4, -0.2) is 50.5 Å². The van der Waals surface area contributed by atoms with Gasteiger partial charge >= 0.3 is 7.55 Å². The molecule has 0 unspecified atom stereocenters. The van der Waals surface area contributed by atoms with Crippen LogP contribution in [0.5, 0.6) is 0 Å². The van der Waals surface area contributed by atoms with Crippen molar-refractivity contribution in [3.8, 4) is 0 Å². The van der Waals surface area contributed by atoms with Crippen LogP contribution < -0.4 is 9.62 Å². The average molecular weight is 227 g/mol. The second-order valence-electron chi connectivity index (χ2n) is 3.38. The quantitative estimate of drug-likeness (QED) is 0.599. The maximum Gasteiger partial charge on any atom is 0.396 e. The summed E-state index contributed by atoms with van der Waals surface area (Å²) in [6.45, 7) is 1.57. The first-order chi connectivity index (χ1) is 8.43. The monoisotopic (exact) mass is 227 g/mol. The molecule has 0 spiro atoms. The van der Waals surface area contributed by atoms with Crippen molar-refractivity contribution < 1.29 is 0 Å². The van der Waals surface area contributed by atoms with Gasteiger partial charge in [-0.15, -0.1) is 0 Å². The van der Waals surface area contributed by atoms with Crippen molar-refractivity contribution in [3.63, 3.8) is 0 Å². The summed E-state index contributed by atoms with van der Waals surface area (Å²) >= 11 is 0. The van der Waals surface area contributed by atoms with Gasteiger partial charge in [-0.2, -0.15) is 0 Å². The summed E-state index contributed by atoms with van der Waals surface area (Å²) in [6.07, 6.45) is 5.90. The summed E-state index contributed by atoms with van der Waals surface area (Å²) in [7, 11) is 1.88. The van der Waals surface area contributed by atoms with Gasteiger partial charge in [-0.05, 0) is 0 Å². The fourth-order valence-electron chi connectivity index (χ4n) is 1.57. The maximum absolute atomic E-state index is 4.08. The van der Waals surface area contributed by atoms with E-state index in [0.29, 0.717) is 11.9 Å². The third-order valence-corrected chi connectivity index (χ3v) is 2.33. The van der Waals surface area contributed by atoms with Gasteiger partial charge in [0.2, 0.25) is 11.9 Å². The van der Waals surface area contributed by atoms with Gasteiger partial charge < -0.3 is 9.62 Å². The lowest BCUT2D eigenvalue weighted by atomic mass is 10.1. The Hall–Kier alpha value is -2.32. The third kappa shape index (κ3) is 1.98. The van der Waals surface area contributed by atoms with E-state index in [2.05, 4.69) is 29.9 Å². The molecule has 1 aliphatic rings. The van der Waals surface area contributed by atoms with E-state index in [4.69, 9.17) is 0 Å². The first-order valence-electron chi connectivity index (χ1n) is 5.06. The molecule has 0 aromatic carbocycles. The van der Waals surface area contributed by atoms with Gasteiger partial charge in [-0.25, -0.2) is 29.9 Å². The molecule has 8 nitrogen and oxygen atoms in total. The number of anilines is 2. The number of hydrogen-bond donors (Lipinski definition) is 0. The highest BCUT2D eigenvalue weighted by atomic mass is 15.4. The molecule has 17 heavy (non-hydrogen) atoms. The summed E-state index contributed by atoms with van der Waals surface area (Å²) in [5.74, 6) is 1.24. The Morgan fingerprint density at radius 2 is 1.18 bits per heavy atom. The molecule has 0 N–H and O–H groups in total. The molecule has 3 heterocycles. The van der Waals surface area contributed by atoms with Crippen LogP contribution in [-0.2, 0) is 0 Å². The first-order valence-corrected chi connectivity index (χ1v) is 5.06. The molecule has 9 heteroatoms. The predicted octanol–water partition coefficient (Wildman–Crippen LogP) is -1.08. The SMILES string of the molecule is [B]1N(c2ncncn2)CCN1c1ncncn1. The molecule has 3 rings (SSSR count). The van der Waals surface area contributed by atoms with Crippen molar-refractivity contribution in [1.82, 2.24) is 29.9 Å². The molecule has 0 amide bonds. The van der Waals surface area contributed by atoms with Crippen molar-refractivity contribution in [2.45, 2.75) is 0 Å². The normalized spacial score (nSPS) is 14.8. The van der Waals surface area contributed by atoms with E-state index in [1.54, 1.807) is 0 Å². The molecule has 1 radical (unpaired) electrons. The predicted molar refractivity (Wildman–Crippen MR) is 60.1 cm³/mol. The number of rotatable bonds is 2. The van der Waals surface area contributed by atoms with E-state index < -0.39 is 0 Å². The van der Waals surface area contributed by atoms with Gasteiger partial charge in [0, 0.05) is 13.1 Å². The minimum Gasteiger partial charge on any atom is -0.366 e. The van der Waals surface area contributed by atoms with Gasteiger partial charge in [0.05, 0.1) is 0 Å². The van der Waals surface area contributed by atoms with E-state index in [1.165, 1.54) is 25.3 Å².